The summed E-state index contributed by atoms with van der Waals surface area (Å²) in [6.45, 7) is 7.70. The van der Waals surface area contributed by atoms with Crippen LogP contribution < -0.4 is 4.74 Å². The molecular formula is C23H25Cl2N3O2. The van der Waals surface area contributed by atoms with Gasteiger partial charge in [-0.15, -0.1) is 0 Å². The molecule has 0 N–H and O–H groups in total. The first-order valence-electron chi connectivity index (χ1n) is 9.75. The molecule has 0 atom stereocenters. The topological polar surface area (TPSA) is 47.4 Å². The Hall–Kier alpha value is -2.50. The molecule has 0 saturated heterocycles. The highest BCUT2D eigenvalue weighted by Crippen LogP contribution is 2.28. The first-order chi connectivity index (χ1) is 14.3. The van der Waals surface area contributed by atoms with Crippen LogP contribution in [0.4, 0.5) is 0 Å². The van der Waals surface area contributed by atoms with Gasteiger partial charge in [-0.05, 0) is 56.7 Å². The van der Waals surface area contributed by atoms with Crippen LogP contribution in [0.3, 0.4) is 0 Å². The van der Waals surface area contributed by atoms with Gasteiger partial charge in [0.05, 0.1) is 10.7 Å². The Morgan fingerprint density at radius 2 is 1.93 bits per heavy atom. The van der Waals surface area contributed by atoms with E-state index < -0.39 is 0 Å². The van der Waals surface area contributed by atoms with Gasteiger partial charge >= 0.3 is 0 Å². The van der Waals surface area contributed by atoms with Crippen molar-refractivity contribution in [3.05, 3.63) is 80.6 Å². The number of aromatic nitrogens is 2. The number of benzene rings is 2. The van der Waals surface area contributed by atoms with Gasteiger partial charge in [0.1, 0.15) is 12.4 Å². The van der Waals surface area contributed by atoms with Crippen molar-refractivity contribution in [2.75, 3.05) is 7.05 Å². The number of ether oxygens (including phenoxy) is 1. The predicted molar refractivity (Wildman–Crippen MR) is 120 cm³/mol. The number of amides is 1. The van der Waals surface area contributed by atoms with Gasteiger partial charge in [0.2, 0.25) is 0 Å². The fourth-order valence-corrected chi connectivity index (χ4v) is 3.81. The number of carbonyl (C=O) groups is 1. The number of carbonyl (C=O) groups excluding carboxylic acids is 1. The molecule has 7 heteroatoms. The van der Waals surface area contributed by atoms with E-state index in [1.54, 1.807) is 30.1 Å². The summed E-state index contributed by atoms with van der Waals surface area (Å²) in [6.07, 6.45) is 0. The molecule has 158 valence electrons. The summed E-state index contributed by atoms with van der Waals surface area (Å²) >= 11 is 12.1. The second-order valence-corrected chi connectivity index (χ2v) is 8.03. The number of nitrogens with zero attached hydrogens (tertiary/aromatic N) is 3. The number of halogens is 2. The van der Waals surface area contributed by atoms with Gasteiger partial charge in [-0.2, -0.15) is 5.10 Å². The Morgan fingerprint density at radius 3 is 2.60 bits per heavy atom. The van der Waals surface area contributed by atoms with Crippen LogP contribution in [-0.4, -0.2) is 27.6 Å². The Morgan fingerprint density at radius 1 is 1.17 bits per heavy atom. The Labute approximate surface area is 187 Å². The highest BCUT2D eigenvalue weighted by molar-refractivity contribution is 6.35. The summed E-state index contributed by atoms with van der Waals surface area (Å²) in [4.78, 5) is 14.7. The van der Waals surface area contributed by atoms with E-state index >= 15 is 0 Å². The van der Waals surface area contributed by atoms with E-state index in [0.29, 0.717) is 34.5 Å². The Bertz CT molecular complexity index is 1060. The third-order valence-corrected chi connectivity index (χ3v) is 5.57. The molecule has 0 saturated carbocycles. The fourth-order valence-electron chi connectivity index (χ4n) is 3.35. The van der Waals surface area contributed by atoms with E-state index in [-0.39, 0.29) is 5.91 Å². The first kappa shape index (κ1) is 22.2. The number of aryl methyl sites for hydroxylation is 2. The Balaban J connectivity index is 1.70. The number of hydrogen-bond acceptors (Lipinski definition) is 3. The van der Waals surface area contributed by atoms with Crippen LogP contribution in [0.5, 0.6) is 5.75 Å². The van der Waals surface area contributed by atoms with Gasteiger partial charge in [-0.3, -0.25) is 9.48 Å². The first-order valence-corrected chi connectivity index (χ1v) is 10.5. The van der Waals surface area contributed by atoms with Crippen molar-refractivity contribution < 1.29 is 9.53 Å². The van der Waals surface area contributed by atoms with E-state index in [1.165, 1.54) is 0 Å². The minimum absolute atomic E-state index is 0.0515. The lowest BCUT2D eigenvalue weighted by molar-refractivity contribution is 0.0784. The Kier molecular flexibility index (Phi) is 7.06. The zero-order valence-electron chi connectivity index (χ0n) is 17.6. The number of hydrogen-bond donors (Lipinski definition) is 0. The summed E-state index contributed by atoms with van der Waals surface area (Å²) in [5, 5.41) is 5.54. The van der Waals surface area contributed by atoms with Crippen LogP contribution >= 0.6 is 23.2 Å². The van der Waals surface area contributed by atoms with Gasteiger partial charge in [0, 0.05) is 42.0 Å². The molecule has 0 bridgehead atoms. The van der Waals surface area contributed by atoms with E-state index in [2.05, 4.69) is 12.0 Å². The molecule has 0 unspecified atom stereocenters. The lowest BCUT2D eigenvalue weighted by Crippen LogP contribution is -2.26. The van der Waals surface area contributed by atoms with Gasteiger partial charge in [0.15, 0.2) is 0 Å². The highest BCUT2D eigenvalue weighted by Gasteiger charge is 2.17. The maximum absolute atomic E-state index is 13.0. The molecule has 0 fully saturated rings. The van der Waals surface area contributed by atoms with Crippen molar-refractivity contribution in [2.45, 2.75) is 40.5 Å². The van der Waals surface area contributed by atoms with Crippen LogP contribution in [0.1, 0.15) is 39.8 Å². The number of rotatable bonds is 7. The molecule has 30 heavy (non-hydrogen) atoms. The molecule has 3 rings (SSSR count). The second-order valence-electron chi connectivity index (χ2n) is 7.19. The second kappa shape index (κ2) is 9.54. The average Bonchev–Trinajstić information content (AvgIpc) is 3.00. The molecule has 2 aromatic carbocycles. The molecule has 1 aromatic heterocycles. The molecule has 5 nitrogen and oxygen atoms in total. The smallest absolute Gasteiger partial charge is 0.253 e. The molecule has 0 aliphatic heterocycles. The van der Waals surface area contributed by atoms with Crippen molar-refractivity contribution in [2.24, 2.45) is 0 Å². The third-order valence-electron chi connectivity index (χ3n) is 5.04. The van der Waals surface area contributed by atoms with Gasteiger partial charge < -0.3 is 9.64 Å². The predicted octanol–water partition coefficient (Wildman–Crippen LogP) is 5.68. The van der Waals surface area contributed by atoms with Crippen molar-refractivity contribution in [3.8, 4) is 5.75 Å². The van der Waals surface area contributed by atoms with Crippen molar-refractivity contribution in [3.63, 3.8) is 0 Å². The fraction of sp³-hybridized carbons (Fsp3) is 0.304. The van der Waals surface area contributed by atoms with E-state index in [9.17, 15) is 4.79 Å². The molecule has 1 heterocycles. The molecule has 0 aliphatic carbocycles. The standard InChI is InChI=1S/C23H25Cl2N3O2/c1-5-28-16(3)20(15(2)26-28)13-27(4)23(29)18-8-6-7-17(11-18)14-30-22-10-9-19(24)12-21(22)25/h6-12H,5,13-14H2,1-4H3. The van der Waals surface area contributed by atoms with Crippen LogP contribution in [0.25, 0.3) is 0 Å². The summed E-state index contributed by atoms with van der Waals surface area (Å²) in [5.74, 6) is 0.498. The summed E-state index contributed by atoms with van der Waals surface area (Å²) < 4.78 is 7.75. The maximum atomic E-state index is 13.0. The zero-order chi connectivity index (χ0) is 21.8. The van der Waals surface area contributed by atoms with Crippen LogP contribution in [0.2, 0.25) is 10.0 Å². The monoisotopic (exact) mass is 445 g/mol. The molecule has 0 radical (unpaired) electrons. The van der Waals surface area contributed by atoms with Crippen molar-refractivity contribution in [1.29, 1.82) is 0 Å². The van der Waals surface area contributed by atoms with Crippen molar-refractivity contribution >= 4 is 29.1 Å². The van der Waals surface area contributed by atoms with Crippen LogP contribution in [0.15, 0.2) is 42.5 Å². The van der Waals surface area contributed by atoms with Crippen molar-refractivity contribution in [1.82, 2.24) is 14.7 Å². The summed E-state index contributed by atoms with van der Waals surface area (Å²) in [7, 11) is 1.81. The molecule has 0 aliphatic rings. The van der Waals surface area contributed by atoms with Crippen LogP contribution in [-0.2, 0) is 19.7 Å². The molecule has 0 spiro atoms. The van der Waals surface area contributed by atoms with Gasteiger partial charge in [0.25, 0.3) is 5.91 Å². The molecular weight excluding hydrogens is 421 g/mol. The van der Waals surface area contributed by atoms with Crippen LogP contribution in [0, 0.1) is 13.8 Å². The van der Waals surface area contributed by atoms with Gasteiger partial charge in [-0.25, -0.2) is 0 Å². The largest absolute Gasteiger partial charge is 0.487 e. The highest BCUT2D eigenvalue weighted by atomic mass is 35.5. The van der Waals surface area contributed by atoms with E-state index in [1.807, 2.05) is 42.8 Å². The summed E-state index contributed by atoms with van der Waals surface area (Å²) in [6, 6.07) is 12.5. The van der Waals surface area contributed by atoms with E-state index in [4.69, 9.17) is 27.9 Å². The molecule has 3 aromatic rings. The third kappa shape index (κ3) is 4.97. The lowest BCUT2D eigenvalue weighted by Gasteiger charge is -2.18. The average molecular weight is 446 g/mol. The van der Waals surface area contributed by atoms with Gasteiger partial charge in [-0.1, -0.05) is 35.3 Å². The van der Waals surface area contributed by atoms with E-state index in [0.717, 1.165) is 29.1 Å². The maximum Gasteiger partial charge on any atom is 0.253 e. The molecule has 1 amide bonds. The lowest BCUT2D eigenvalue weighted by atomic mass is 10.1. The SMILES string of the molecule is CCn1nc(C)c(CN(C)C(=O)c2cccc(COc3ccc(Cl)cc3Cl)c2)c1C. The quantitative estimate of drug-likeness (QED) is 0.469. The summed E-state index contributed by atoms with van der Waals surface area (Å²) in [5.41, 5.74) is 4.63. The minimum atomic E-state index is -0.0515. The normalized spacial score (nSPS) is 10.9. The minimum Gasteiger partial charge on any atom is -0.487 e. The zero-order valence-corrected chi connectivity index (χ0v) is 19.1.